The molecular formula is C19H21N3O6. The SMILES string of the molecule is COc1cccc(NC(=O)C(=O)N/N=C/c2ccc(OC)c(OC)c2OC)c1. The summed E-state index contributed by atoms with van der Waals surface area (Å²) in [6.07, 6.45) is 1.33. The van der Waals surface area contributed by atoms with Crippen LogP contribution < -0.4 is 29.7 Å². The van der Waals surface area contributed by atoms with Crippen molar-refractivity contribution in [1.82, 2.24) is 5.43 Å². The van der Waals surface area contributed by atoms with E-state index in [-0.39, 0.29) is 0 Å². The van der Waals surface area contributed by atoms with Crippen molar-refractivity contribution in [1.29, 1.82) is 0 Å². The maximum atomic E-state index is 12.0. The Morgan fingerprint density at radius 2 is 1.64 bits per heavy atom. The Hall–Kier alpha value is -3.75. The Morgan fingerprint density at radius 3 is 2.29 bits per heavy atom. The number of hydrogen-bond donors (Lipinski definition) is 2. The predicted molar refractivity (Wildman–Crippen MR) is 103 cm³/mol. The van der Waals surface area contributed by atoms with E-state index in [0.717, 1.165) is 0 Å². The summed E-state index contributed by atoms with van der Waals surface area (Å²) in [4.78, 5) is 23.9. The van der Waals surface area contributed by atoms with Crippen molar-refractivity contribution in [3.63, 3.8) is 0 Å². The molecule has 0 aliphatic rings. The van der Waals surface area contributed by atoms with Gasteiger partial charge in [0.15, 0.2) is 11.5 Å². The van der Waals surface area contributed by atoms with Crippen molar-refractivity contribution < 1.29 is 28.5 Å². The van der Waals surface area contributed by atoms with Gasteiger partial charge in [-0.25, -0.2) is 5.43 Å². The first-order chi connectivity index (χ1) is 13.5. The molecule has 0 saturated carbocycles. The predicted octanol–water partition coefficient (Wildman–Crippen LogP) is 1.81. The minimum atomic E-state index is -0.932. The number of anilines is 1. The van der Waals surface area contributed by atoms with E-state index >= 15 is 0 Å². The van der Waals surface area contributed by atoms with Crippen molar-refractivity contribution in [2.45, 2.75) is 0 Å². The fraction of sp³-hybridized carbons (Fsp3) is 0.211. The van der Waals surface area contributed by atoms with E-state index in [9.17, 15) is 9.59 Å². The molecule has 0 saturated heterocycles. The zero-order chi connectivity index (χ0) is 20.5. The molecule has 0 aliphatic heterocycles. The first-order valence-corrected chi connectivity index (χ1v) is 8.11. The Labute approximate surface area is 162 Å². The van der Waals surface area contributed by atoms with E-state index < -0.39 is 11.8 Å². The van der Waals surface area contributed by atoms with Crippen LogP contribution in [0.3, 0.4) is 0 Å². The Bertz CT molecular complexity index is 882. The van der Waals surface area contributed by atoms with Crippen molar-refractivity contribution in [2.24, 2.45) is 5.10 Å². The van der Waals surface area contributed by atoms with E-state index in [1.54, 1.807) is 36.4 Å². The van der Waals surface area contributed by atoms with E-state index in [1.165, 1.54) is 34.7 Å². The Kier molecular flexibility index (Phi) is 7.21. The van der Waals surface area contributed by atoms with Crippen LogP contribution in [-0.2, 0) is 9.59 Å². The lowest BCUT2D eigenvalue weighted by Gasteiger charge is -2.13. The van der Waals surface area contributed by atoms with Crippen LogP contribution in [0.25, 0.3) is 0 Å². The molecule has 0 aliphatic carbocycles. The fourth-order valence-corrected chi connectivity index (χ4v) is 2.33. The maximum Gasteiger partial charge on any atom is 0.329 e. The molecule has 2 aromatic carbocycles. The quantitative estimate of drug-likeness (QED) is 0.426. The largest absolute Gasteiger partial charge is 0.497 e. The number of nitrogens with one attached hydrogen (secondary N) is 2. The second kappa shape index (κ2) is 9.81. The second-order valence-electron chi connectivity index (χ2n) is 5.31. The van der Waals surface area contributed by atoms with Crippen LogP contribution in [0.4, 0.5) is 5.69 Å². The second-order valence-corrected chi connectivity index (χ2v) is 5.31. The summed E-state index contributed by atoms with van der Waals surface area (Å²) in [6.45, 7) is 0. The number of carbonyl (C=O) groups is 2. The Morgan fingerprint density at radius 1 is 0.893 bits per heavy atom. The van der Waals surface area contributed by atoms with Crippen molar-refractivity contribution in [3.05, 3.63) is 42.0 Å². The molecule has 0 bridgehead atoms. The highest BCUT2D eigenvalue weighted by Crippen LogP contribution is 2.38. The minimum Gasteiger partial charge on any atom is -0.497 e. The molecule has 2 amide bonds. The third-order valence-corrected chi connectivity index (χ3v) is 3.64. The summed E-state index contributed by atoms with van der Waals surface area (Å²) in [7, 11) is 5.96. The van der Waals surface area contributed by atoms with Gasteiger partial charge in [0.05, 0.1) is 34.7 Å². The van der Waals surface area contributed by atoms with Crippen LogP contribution in [0.15, 0.2) is 41.5 Å². The fourth-order valence-electron chi connectivity index (χ4n) is 2.33. The number of carbonyl (C=O) groups excluding carboxylic acids is 2. The van der Waals surface area contributed by atoms with Crippen molar-refractivity contribution in [2.75, 3.05) is 33.8 Å². The van der Waals surface area contributed by atoms with Crippen molar-refractivity contribution in [3.8, 4) is 23.0 Å². The van der Waals surface area contributed by atoms with E-state index in [2.05, 4.69) is 15.8 Å². The van der Waals surface area contributed by atoms with Crippen LogP contribution >= 0.6 is 0 Å². The molecule has 28 heavy (non-hydrogen) atoms. The van der Waals surface area contributed by atoms with E-state index in [4.69, 9.17) is 18.9 Å². The molecule has 9 heteroatoms. The molecular weight excluding hydrogens is 366 g/mol. The van der Waals surface area contributed by atoms with Gasteiger partial charge in [-0.05, 0) is 24.3 Å². The highest BCUT2D eigenvalue weighted by atomic mass is 16.5. The summed E-state index contributed by atoms with van der Waals surface area (Å²) in [5, 5.41) is 6.25. The summed E-state index contributed by atoms with van der Waals surface area (Å²) in [5.41, 5.74) is 3.10. The van der Waals surface area contributed by atoms with Gasteiger partial charge in [-0.1, -0.05) is 6.07 Å². The first kappa shape index (κ1) is 20.6. The molecule has 2 aromatic rings. The highest BCUT2D eigenvalue weighted by Gasteiger charge is 2.16. The van der Waals surface area contributed by atoms with Gasteiger partial charge in [-0.15, -0.1) is 0 Å². The molecule has 148 valence electrons. The van der Waals surface area contributed by atoms with Gasteiger partial charge >= 0.3 is 11.8 Å². The monoisotopic (exact) mass is 387 g/mol. The number of rotatable bonds is 7. The standard InChI is InChI=1S/C19H21N3O6/c1-25-14-7-5-6-13(10-14)21-18(23)19(24)22-20-11-12-8-9-15(26-2)17(28-4)16(12)27-3/h5-11H,1-4H3,(H,21,23)(H,22,24)/b20-11+. The smallest absolute Gasteiger partial charge is 0.329 e. The molecule has 0 heterocycles. The molecule has 0 aromatic heterocycles. The molecule has 0 fully saturated rings. The topological polar surface area (TPSA) is 107 Å². The number of nitrogens with zero attached hydrogens (tertiary/aromatic N) is 1. The molecule has 2 rings (SSSR count). The minimum absolute atomic E-state index is 0.376. The summed E-state index contributed by atoms with van der Waals surface area (Å²) < 4.78 is 20.9. The number of ether oxygens (including phenoxy) is 4. The average molecular weight is 387 g/mol. The molecule has 0 spiro atoms. The zero-order valence-electron chi connectivity index (χ0n) is 15.9. The Balaban J connectivity index is 2.05. The average Bonchev–Trinajstić information content (AvgIpc) is 2.72. The van der Waals surface area contributed by atoms with Crippen LogP contribution in [0.1, 0.15) is 5.56 Å². The van der Waals surface area contributed by atoms with Crippen LogP contribution in [0, 0.1) is 0 Å². The molecule has 2 N–H and O–H groups in total. The van der Waals surface area contributed by atoms with Gasteiger partial charge in [-0.3, -0.25) is 9.59 Å². The summed E-state index contributed by atoms with van der Waals surface area (Å²) in [6, 6.07) is 9.96. The number of hydrazone groups is 1. The number of benzene rings is 2. The number of methoxy groups -OCH3 is 4. The van der Waals surface area contributed by atoms with E-state index in [0.29, 0.717) is 34.2 Å². The normalized spacial score (nSPS) is 10.3. The number of amides is 2. The summed E-state index contributed by atoms with van der Waals surface area (Å²) in [5.74, 6) is -0.00472. The molecule has 0 atom stereocenters. The van der Waals surface area contributed by atoms with Gasteiger partial charge in [0.2, 0.25) is 5.75 Å². The van der Waals surface area contributed by atoms with Crippen LogP contribution in [0.5, 0.6) is 23.0 Å². The summed E-state index contributed by atoms with van der Waals surface area (Å²) >= 11 is 0. The van der Waals surface area contributed by atoms with Crippen molar-refractivity contribution >= 4 is 23.7 Å². The van der Waals surface area contributed by atoms with Gasteiger partial charge in [0, 0.05) is 17.3 Å². The van der Waals surface area contributed by atoms with Gasteiger partial charge in [0.1, 0.15) is 5.75 Å². The molecule has 0 unspecified atom stereocenters. The maximum absolute atomic E-state index is 12.0. The lowest BCUT2D eigenvalue weighted by atomic mass is 10.2. The number of hydrogen-bond acceptors (Lipinski definition) is 7. The van der Waals surface area contributed by atoms with Crippen LogP contribution in [-0.4, -0.2) is 46.5 Å². The third-order valence-electron chi connectivity index (χ3n) is 3.64. The van der Waals surface area contributed by atoms with Gasteiger partial charge in [-0.2, -0.15) is 5.10 Å². The molecule has 9 nitrogen and oxygen atoms in total. The lowest BCUT2D eigenvalue weighted by Crippen LogP contribution is -2.32. The van der Waals surface area contributed by atoms with Gasteiger partial charge in [0.25, 0.3) is 0 Å². The third kappa shape index (κ3) is 4.91. The highest BCUT2D eigenvalue weighted by molar-refractivity contribution is 6.39. The first-order valence-electron chi connectivity index (χ1n) is 8.11. The van der Waals surface area contributed by atoms with Crippen LogP contribution in [0.2, 0.25) is 0 Å². The van der Waals surface area contributed by atoms with Gasteiger partial charge < -0.3 is 24.3 Å². The van der Waals surface area contributed by atoms with E-state index in [1.807, 2.05) is 0 Å². The lowest BCUT2D eigenvalue weighted by molar-refractivity contribution is -0.136. The molecule has 0 radical (unpaired) electrons. The zero-order valence-corrected chi connectivity index (χ0v) is 15.9.